The third-order valence-electron chi connectivity index (χ3n) is 4.36. The predicted molar refractivity (Wildman–Crippen MR) is 109 cm³/mol. The topological polar surface area (TPSA) is 75.8 Å². The van der Waals surface area contributed by atoms with Crippen molar-refractivity contribution >= 4 is 28.5 Å². The van der Waals surface area contributed by atoms with Crippen LogP contribution in [0.3, 0.4) is 0 Å². The van der Waals surface area contributed by atoms with Gasteiger partial charge in [-0.2, -0.15) is 5.10 Å². The summed E-state index contributed by atoms with van der Waals surface area (Å²) in [6.45, 7) is 4.52. The van der Waals surface area contributed by atoms with Crippen molar-refractivity contribution in [2.24, 2.45) is 5.10 Å². The van der Waals surface area contributed by atoms with Gasteiger partial charge in [-0.3, -0.25) is 5.43 Å². The number of unbranched alkanes of at least 4 members (excludes halogenated alkanes) is 1. The number of likely N-dealkylation sites (tertiary alicyclic amines) is 1. The van der Waals surface area contributed by atoms with Gasteiger partial charge in [-0.1, -0.05) is 6.42 Å². The number of aromatic nitrogens is 1. The van der Waals surface area contributed by atoms with Gasteiger partial charge in [0.25, 0.3) is 0 Å². The predicted octanol–water partition coefficient (Wildman–Crippen LogP) is 3.82. The SMILES string of the molecule is Nc1csc(NN=Cc2ccc(OCCCCN3CCCCC3)cc2)n1. The molecule has 26 heavy (non-hydrogen) atoms. The highest BCUT2D eigenvalue weighted by molar-refractivity contribution is 7.14. The van der Waals surface area contributed by atoms with E-state index < -0.39 is 0 Å². The maximum absolute atomic E-state index is 5.83. The number of benzene rings is 1. The molecule has 2 heterocycles. The molecule has 0 amide bonds. The molecule has 140 valence electrons. The van der Waals surface area contributed by atoms with E-state index in [1.807, 2.05) is 24.3 Å². The van der Waals surface area contributed by atoms with Crippen LogP contribution in [0, 0.1) is 0 Å². The monoisotopic (exact) mass is 373 g/mol. The molecule has 0 aliphatic carbocycles. The van der Waals surface area contributed by atoms with Crippen LogP contribution in [-0.4, -0.2) is 42.3 Å². The fraction of sp³-hybridized carbons (Fsp3) is 0.474. The minimum Gasteiger partial charge on any atom is -0.494 e. The lowest BCUT2D eigenvalue weighted by Crippen LogP contribution is -2.30. The molecule has 6 nitrogen and oxygen atoms in total. The quantitative estimate of drug-likeness (QED) is 0.397. The van der Waals surface area contributed by atoms with Gasteiger partial charge in [0.1, 0.15) is 11.6 Å². The number of nitrogen functional groups attached to an aromatic ring is 1. The largest absolute Gasteiger partial charge is 0.494 e. The van der Waals surface area contributed by atoms with Crippen LogP contribution in [0.2, 0.25) is 0 Å². The zero-order valence-electron chi connectivity index (χ0n) is 15.1. The van der Waals surface area contributed by atoms with Gasteiger partial charge in [-0.05, 0) is 75.1 Å². The smallest absolute Gasteiger partial charge is 0.205 e. The Morgan fingerprint density at radius 2 is 2.00 bits per heavy atom. The third-order valence-corrected chi connectivity index (χ3v) is 5.13. The molecule has 0 radical (unpaired) electrons. The molecule has 3 N–H and O–H groups in total. The second-order valence-electron chi connectivity index (χ2n) is 6.47. The van der Waals surface area contributed by atoms with Crippen LogP contribution in [0.25, 0.3) is 0 Å². The number of hydrogen-bond donors (Lipinski definition) is 2. The number of anilines is 2. The first-order valence-corrected chi connectivity index (χ1v) is 10.1. The van der Waals surface area contributed by atoms with Gasteiger partial charge < -0.3 is 15.4 Å². The number of hydrazone groups is 1. The van der Waals surface area contributed by atoms with E-state index in [4.69, 9.17) is 10.5 Å². The van der Waals surface area contributed by atoms with E-state index in [2.05, 4.69) is 20.4 Å². The second-order valence-corrected chi connectivity index (χ2v) is 7.33. The number of piperidine rings is 1. The Morgan fingerprint density at radius 1 is 1.19 bits per heavy atom. The van der Waals surface area contributed by atoms with Crippen molar-refractivity contribution in [1.82, 2.24) is 9.88 Å². The Kier molecular flexibility index (Phi) is 7.27. The van der Waals surface area contributed by atoms with Crippen molar-refractivity contribution < 1.29 is 4.74 Å². The van der Waals surface area contributed by atoms with Gasteiger partial charge in [-0.15, -0.1) is 11.3 Å². The van der Waals surface area contributed by atoms with Crippen LogP contribution in [0.4, 0.5) is 10.9 Å². The number of rotatable bonds is 9. The molecule has 0 saturated carbocycles. The lowest BCUT2D eigenvalue weighted by Gasteiger charge is -2.26. The summed E-state index contributed by atoms with van der Waals surface area (Å²) in [5.74, 6) is 1.41. The maximum Gasteiger partial charge on any atom is 0.205 e. The summed E-state index contributed by atoms with van der Waals surface area (Å²) in [5, 5.41) is 6.62. The second kappa shape index (κ2) is 10.1. The molecule has 7 heteroatoms. The van der Waals surface area contributed by atoms with E-state index in [1.54, 1.807) is 11.6 Å². The molecular weight excluding hydrogens is 346 g/mol. The number of nitrogens with two attached hydrogens (primary N) is 1. The Morgan fingerprint density at radius 3 is 2.73 bits per heavy atom. The minimum absolute atomic E-state index is 0.505. The van der Waals surface area contributed by atoms with E-state index >= 15 is 0 Å². The number of thiazole rings is 1. The number of nitrogens with zero attached hydrogens (tertiary/aromatic N) is 3. The highest BCUT2D eigenvalue weighted by atomic mass is 32.1. The Labute approximate surface area is 159 Å². The van der Waals surface area contributed by atoms with Crippen molar-refractivity contribution in [3.05, 3.63) is 35.2 Å². The van der Waals surface area contributed by atoms with E-state index in [1.165, 1.54) is 56.7 Å². The lowest BCUT2D eigenvalue weighted by atomic mass is 10.1. The van der Waals surface area contributed by atoms with Crippen LogP contribution in [0.15, 0.2) is 34.7 Å². The average Bonchev–Trinajstić information content (AvgIpc) is 3.09. The Hall–Kier alpha value is -2.12. The Balaban J connectivity index is 1.32. The van der Waals surface area contributed by atoms with Gasteiger partial charge in [-0.25, -0.2) is 4.98 Å². The molecule has 1 aliphatic heterocycles. The summed E-state index contributed by atoms with van der Waals surface area (Å²) in [7, 11) is 0. The third kappa shape index (κ3) is 6.31. The summed E-state index contributed by atoms with van der Waals surface area (Å²) in [5.41, 5.74) is 9.43. The first-order chi connectivity index (χ1) is 12.8. The normalized spacial score (nSPS) is 15.4. The van der Waals surface area contributed by atoms with Crippen LogP contribution in [0.5, 0.6) is 5.75 Å². The van der Waals surface area contributed by atoms with Gasteiger partial charge >= 0.3 is 0 Å². The van der Waals surface area contributed by atoms with Crippen molar-refractivity contribution in [2.45, 2.75) is 32.1 Å². The van der Waals surface area contributed by atoms with Gasteiger partial charge in [0.2, 0.25) is 5.13 Å². The maximum atomic E-state index is 5.83. The average molecular weight is 374 g/mol. The highest BCUT2D eigenvalue weighted by Gasteiger charge is 2.08. The van der Waals surface area contributed by atoms with E-state index in [0.717, 1.165) is 24.3 Å². The molecule has 0 spiro atoms. The summed E-state index contributed by atoms with van der Waals surface area (Å²) < 4.78 is 5.83. The zero-order chi connectivity index (χ0) is 18.0. The molecular formula is C19H27N5OS. The Bertz CT molecular complexity index is 679. The van der Waals surface area contributed by atoms with Crippen molar-refractivity contribution in [3.8, 4) is 5.75 Å². The molecule has 2 aromatic rings. The van der Waals surface area contributed by atoms with Crippen molar-refractivity contribution in [1.29, 1.82) is 0 Å². The molecule has 1 aromatic heterocycles. The van der Waals surface area contributed by atoms with Crippen LogP contribution in [0.1, 0.15) is 37.7 Å². The molecule has 0 bridgehead atoms. The fourth-order valence-corrected chi connectivity index (χ4v) is 3.51. The fourth-order valence-electron chi connectivity index (χ4n) is 2.96. The van der Waals surface area contributed by atoms with Crippen molar-refractivity contribution in [3.63, 3.8) is 0 Å². The number of ether oxygens (including phenoxy) is 1. The number of hydrogen-bond acceptors (Lipinski definition) is 7. The van der Waals surface area contributed by atoms with Gasteiger partial charge in [0.15, 0.2) is 0 Å². The lowest BCUT2D eigenvalue weighted by molar-refractivity contribution is 0.216. The molecule has 0 unspecified atom stereocenters. The number of nitrogens with one attached hydrogen (secondary N) is 1. The van der Waals surface area contributed by atoms with Crippen LogP contribution < -0.4 is 15.9 Å². The standard InChI is InChI=1S/C19H27N5OS/c20-18-15-26-19(22-18)23-21-14-16-6-8-17(9-7-16)25-13-5-4-12-24-10-2-1-3-11-24/h6-9,14-15H,1-5,10-13,20H2,(H,22,23). The summed E-state index contributed by atoms with van der Waals surface area (Å²) in [6, 6.07) is 7.94. The molecule has 1 aliphatic rings. The molecule has 1 aromatic carbocycles. The van der Waals surface area contributed by atoms with E-state index in [0.29, 0.717) is 10.9 Å². The van der Waals surface area contributed by atoms with E-state index in [9.17, 15) is 0 Å². The first-order valence-electron chi connectivity index (χ1n) is 9.25. The van der Waals surface area contributed by atoms with Gasteiger partial charge in [0, 0.05) is 5.38 Å². The van der Waals surface area contributed by atoms with Crippen LogP contribution in [-0.2, 0) is 0 Å². The van der Waals surface area contributed by atoms with Crippen LogP contribution >= 0.6 is 11.3 Å². The zero-order valence-corrected chi connectivity index (χ0v) is 15.9. The minimum atomic E-state index is 0.505. The molecule has 1 saturated heterocycles. The summed E-state index contributed by atoms with van der Waals surface area (Å²) in [4.78, 5) is 6.66. The molecule has 3 rings (SSSR count). The molecule has 1 fully saturated rings. The van der Waals surface area contributed by atoms with Crippen molar-refractivity contribution in [2.75, 3.05) is 37.4 Å². The molecule has 0 atom stereocenters. The highest BCUT2D eigenvalue weighted by Crippen LogP contribution is 2.16. The summed E-state index contributed by atoms with van der Waals surface area (Å²) in [6.07, 6.45) is 8.17. The first kappa shape index (κ1) is 18.7. The van der Waals surface area contributed by atoms with E-state index in [-0.39, 0.29) is 0 Å². The van der Waals surface area contributed by atoms with Gasteiger partial charge in [0.05, 0.1) is 12.8 Å². The summed E-state index contributed by atoms with van der Waals surface area (Å²) >= 11 is 1.43.